The van der Waals surface area contributed by atoms with Gasteiger partial charge in [-0.15, -0.1) is 5.10 Å². The molecule has 3 aliphatic rings. The van der Waals surface area contributed by atoms with Crippen LogP contribution in [-0.2, 0) is 41.8 Å². The first-order valence-corrected chi connectivity index (χ1v) is 11.5. The summed E-state index contributed by atoms with van der Waals surface area (Å²) in [5.74, 6) is -3.37. The third-order valence-electron chi connectivity index (χ3n) is 6.60. The van der Waals surface area contributed by atoms with Gasteiger partial charge in [-0.25, -0.2) is 4.68 Å². The largest absolute Gasteiger partial charge is 0.464 e. The van der Waals surface area contributed by atoms with E-state index in [0.29, 0.717) is 18.7 Å². The molecule has 2 aromatic rings. The van der Waals surface area contributed by atoms with E-state index in [2.05, 4.69) is 10.3 Å². The first-order chi connectivity index (χ1) is 17.0. The monoisotopic (exact) mass is 476 g/mol. The van der Waals surface area contributed by atoms with E-state index in [0.717, 1.165) is 10.5 Å². The van der Waals surface area contributed by atoms with Crippen LogP contribution in [0.3, 0.4) is 0 Å². The van der Waals surface area contributed by atoms with Crippen molar-refractivity contribution in [1.29, 1.82) is 0 Å². The number of ether oxygens (including phenoxy) is 2. The summed E-state index contributed by atoms with van der Waals surface area (Å²) in [6.45, 7) is 0.361. The van der Waals surface area contributed by atoms with Gasteiger partial charge in [0.1, 0.15) is 18.9 Å². The number of carbonyl (C=O) groups is 4. The van der Waals surface area contributed by atoms with E-state index < -0.39 is 35.6 Å². The molecule has 10 heteroatoms. The molecule has 35 heavy (non-hydrogen) atoms. The van der Waals surface area contributed by atoms with E-state index in [1.54, 1.807) is 10.9 Å². The second kappa shape index (κ2) is 9.65. The molecule has 0 saturated heterocycles. The summed E-state index contributed by atoms with van der Waals surface area (Å²) >= 11 is 0. The van der Waals surface area contributed by atoms with Gasteiger partial charge >= 0.3 is 11.9 Å². The van der Waals surface area contributed by atoms with Crippen LogP contribution in [0.15, 0.2) is 60.8 Å². The third-order valence-corrected chi connectivity index (χ3v) is 6.60. The van der Waals surface area contributed by atoms with E-state index >= 15 is 0 Å². The lowest BCUT2D eigenvalue weighted by molar-refractivity contribution is -0.162. The Bertz CT molecular complexity index is 1190. The highest BCUT2D eigenvalue weighted by Crippen LogP contribution is 2.49. The van der Waals surface area contributed by atoms with Gasteiger partial charge in [-0.1, -0.05) is 47.7 Å². The standard InChI is InChI=1S/C25H24N4O6/c30-20-8-9-21(31)29(20)10-11-34-24(32)22-17-6-7-18(12-17)23(22)25(33)35-15-19-14-28(27-26-19)13-16-4-2-1-3-5-16/h1-9,14,17-18,22-23H,10-13,15H2/t17-,18+,22-,23+/m0/s1. The van der Waals surface area contributed by atoms with Gasteiger partial charge in [-0.2, -0.15) is 0 Å². The van der Waals surface area contributed by atoms with Crippen molar-refractivity contribution in [2.45, 2.75) is 19.6 Å². The van der Waals surface area contributed by atoms with Gasteiger partial charge in [0.25, 0.3) is 11.8 Å². The average molecular weight is 476 g/mol. The minimum atomic E-state index is -0.658. The molecule has 2 amide bonds. The first kappa shape index (κ1) is 22.7. The number of amides is 2. The summed E-state index contributed by atoms with van der Waals surface area (Å²) in [6, 6.07) is 9.81. The van der Waals surface area contributed by atoms with Gasteiger partial charge in [0, 0.05) is 12.2 Å². The van der Waals surface area contributed by atoms with Crippen LogP contribution in [0.25, 0.3) is 0 Å². The van der Waals surface area contributed by atoms with Crippen molar-refractivity contribution in [1.82, 2.24) is 19.9 Å². The molecule has 0 N–H and O–H groups in total. The molecule has 1 aromatic carbocycles. The fraction of sp³-hybridized carbons (Fsp3) is 0.360. The van der Waals surface area contributed by atoms with Crippen molar-refractivity contribution in [3.63, 3.8) is 0 Å². The van der Waals surface area contributed by atoms with Crippen LogP contribution in [-0.4, -0.2) is 56.8 Å². The number of hydrogen-bond donors (Lipinski definition) is 0. The number of hydrogen-bond acceptors (Lipinski definition) is 8. The van der Waals surface area contributed by atoms with Crippen LogP contribution in [0.1, 0.15) is 17.7 Å². The number of rotatable bonds is 9. The molecule has 1 saturated carbocycles. The number of aromatic nitrogens is 3. The zero-order chi connectivity index (χ0) is 24.4. The van der Waals surface area contributed by atoms with E-state index in [1.807, 2.05) is 42.5 Å². The molecular formula is C25H24N4O6. The summed E-state index contributed by atoms with van der Waals surface area (Å²) in [7, 11) is 0. The number of carbonyl (C=O) groups excluding carboxylic acids is 4. The highest BCUT2D eigenvalue weighted by Gasteiger charge is 2.53. The minimum Gasteiger partial charge on any atom is -0.464 e. The van der Waals surface area contributed by atoms with Crippen LogP contribution in [0.5, 0.6) is 0 Å². The third kappa shape index (κ3) is 4.77. The number of fused-ring (bicyclic) bond motifs is 2. The average Bonchev–Trinajstić information content (AvgIpc) is 3.65. The normalized spacial score (nSPS) is 24.4. The molecule has 4 atom stereocenters. The molecule has 1 aromatic heterocycles. The number of imide groups is 1. The smallest absolute Gasteiger partial charge is 0.310 e. The Morgan fingerprint density at radius 1 is 0.943 bits per heavy atom. The van der Waals surface area contributed by atoms with E-state index in [4.69, 9.17) is 9.47 Å². The fourth-order valence-corrected chi connectivity index (χ4v) is 4.94. The zero-order valence-electron chi connectivity index (χ0n) is 18.9. The quantitative estimate of drug-likeness (QED) is 0.302. The minimum absolute atomic E-state index is 0.0270. The van der Waals surface area contributed by atoms with E-state index in [9.17, 15) is 19.2 Å². The SMILES string of the molecule is O=C(OCCN1C(=O)C=CC1=O)[C@@H]1[C@H](C(=O)OCc2cn(Cc3ccccc3)nn2)[C@@H]2C=C[C@H]1C2. The molecule has 0 radical (unpaired) electrons. The fourth-order valence-electron chi connectivity index (χ4n) is 4.94. The summed E-state index contributed by atoms with van der Waals surface area (Å²) in [5, 5.41) is 8.15. The summed E-state index contributed by atoms with van der Waals surface area (Å²) in [5.41, 5.74) is 1.59. The van der Waals surface area contributed by atoms with Crippen LogP contribution < -0.4 is 0 Å². The number of nitrogens with zero attached hydrogens (tertiary/aromatic N) is 4. The predicted octanol–water partition coefficient (Wildman–Crippen LogP) is 1.28. The Hall–Kier alpha value is -4.08. The predicted molar refractivity (Wildman–Crippen MR) is 120 cm³/mol. The van der Waals surface area contributed by atoms with Crippen molar-refractivity contribution in [2.24, 2.45) is 23.7 Å². The molecule has 2 heterocycles. The van der Waals surface area contributed by atoms with Crippen LogP contribution >= 0.6 is 0 Å². The molecule has 1 fully saturated rings. The maximum Gasteiger partial charge on any atom is 0.310 e. The van der Waals surface area contributed by atoms with Gasteiger partial charge in [-0.05, 0) is 23.8 Å². The summed E-state index contributed by atoms with van der Waals surface area (Å²) in [4.78, 5) is 50.1. The first-order valence-electron chi connectivity index (χ1n) is 11.5. The van der Waals surface area contributed by atoms with Crippen molar-refractivity contribution in [2.75, 3.05) is 13.2 Å². The number of esters is 2. The van der Waals surface area contributed by atoms with Gasteiger partial charge < -0.3 is 9.47 Å². The molecule has 5 rings (SSSR count). The van der Waals surface area contributed by atoms with E-state index in [1.165, 1.54) is 12.2 Å². The van der Waals surface area contributed by atoms with Crippen molar-refractivity contribution in [3.05, 3.63) is 72.1 Å². The molecule has 1 aliphatic heterocycles. The van der Waals surface area contributed by atoms with Crippen LogP contribution in [0.4, 0.5) is 0 Å². The van der Waals surface area contributed by atoms with Gasteiger partial charge in [-0.3, -0.25) is 24.1 Å². The highest BCUT2D eigenvalue weighted by atomic mass is 16.5. The molecular weight excluding hydrogens is 452 g/mol. The number of allylic oxidation sites excluding steroid dienone is 2. The summed E-state index contributed by atoms with van der Waals surface area (Å²) < 4.78 is 12.6. The lowest BCUT2D eigenvalue weighted by atomic mass is 9.83. The molecule has 0 unspecified atom stereocenters. The van der Waals surface area contributed by atoms with Crippen molar-refractivity contribution < 1.29 is 28.7 Å². The second-order valence-electron chi connectivity index (χ2n) is 8.83. The molecule has 180 valence electrons. The van der Waals surface area contributed by atoms with Crippen LogP contribution in [0.2, 0.25) is 0 Å². The molecule has 10 nitrogen and oxygen atoms in total. The Labute approximate surface area is 201 Å². The maximum atomic E-state index is 13.0. The van der Waals surface area contributed by atoms with Crippen molar-refractivity contribution in [3.8, 4) is 0 Å². The lowest BCUT2D eigenvalue weighted by Gasteiger charge is -2.25. The topological polar surface area (TPSA) is 121 Å². The zero-order valence-corrected chi connectivity index (χ0v) is 18.9. The van der Waals surface area contributed by atoms with Gasteiger partial charge in [0.15, 0.2) is 0 Å². The Morgan fingerprint density at radius 2 is 1.60 bits per heavy atom. The second-order valence-corrected chi connectivity index (χ2v) is 8.83. The maximum absolute atomic E-state index is 13.0. The molecule has 2 aliphatic carbocycles. The van der Waals surface area contributed by atoms with Gasteiger partial charge in [0.2, 0.25) is 0 Å². The Kier molecular flexibility index (Phi) is 6.26. The summed E-state index contributed by atoms with van der Waals surface area (Å²) in [6.07, 6.45) is 8.65. The van der Waals surface area contributed by atoms with Crippen molar-refractivity contribution >= 4 is 23.8 Å². The lowest BCUT2D eigenvalue weighted by Crippen LogP contribution is -2.37. The van der Waals surface area contributed by atoms with E-state index in [-0.39, 0.29) is 31.6 Å². The van der Waals surface area contributed by atoms with Crippen LogP contribution in [0, 0.1) is 23.7 Å². The molecule has 0 spiro atoms. The Balaban J connectivity index is 1.15. The molecule has 2 bridgehead atoms. The number of benzene rings is 1. The highest BCUT2D eigenvalue weighted by molar-refractivity contribution is 6.12. The van der Waals surface area contributed by atoms with Gasteiger partial charge in [0.05, 0.1) is 31.1 Å². The Morgan fingerprint density at radius 3 is 2.29 bits per heavy atom.